The van der Waals surface area contributed by atoms with E-state index in [4.69, 9.17) is 18.9 Å². The molecule has 0 aliphatic rings. The van der Waals surface area contributed by atoms with Crippen molar-refractivity contribution in [2.75, 3.05) is 13.2 Å². The number of aldehydes is 1. The van der Waals surface area contributed by atoms with Gasteiger partial charge in [0.25, 0.3) is 0 Å². The largest absolute Gasteiger partial charge is 0.490 e. The number of aryl methyl sites for hydroxylation is 2. The fourth-order valence-corrected chi connectivity index (χ4v) is 4.12. The maximum atomic E-state index is 12.3. The lowest BCUT2D eigenvalue weighted by Crippen LogP contribution is -2.20. The van der Waals surface area contributed by atoms with E-state index in [9.17, 15) is 19.2 Å². The van der Waals surface area contributed by atoms with Crippen molar-refractivity contribution in [3.8, 4) is 11.5 Å². The molecule has 2 aromatic rings. The molecule has 2 aromatic carbocycles. The number of unbranched alkanes of at least 4 members (excludes halogenated alkanes) is 2. The van der Waals surface area contributed by atoms with Crippen molar-refractivity contribution in [1.82, 2.24) is 0 Å². The molecular formula is C33H40O8. The summed E-state index contributed by atoms with van der Waals surface area (Å²) < 4.78 is 21.7. The highest BCUT2D eigenvalue weighted by Gasteiger charge is 2.14. The minimum Gasteiger partial charge on any atom is -0.490 e. The highest BCUT2D eigenvalue weighted by Crippen LogP contribution is 2.26. The van der Waals surface area contributed by atoms with Crippen LogP contribution in [0.4, 0.5) is 0 Å². The van der Waals surface area contributed by atoms with Crippen molar-refractivity contribution < 1.29 is 38.1 Å². The summed E-state index contributed by atoms with van der Waals surface area (Å²) in [5.74, 6) is 0.0381. The van der Waals surface area contributed by atoms with E-state index in [1.54, 1.807) is 0 Å². The Hall–Kier alpha value is -4.20. The van der Waals surface area contributed by atoms with E-state index in [-0.39, 0.29) is 18.7 Å². The standard InChI is InChI=1S/C33H40O8/c1-5-31(35)38-19-9-7-8-12-33(37)41-30-16-14-27(22-25(30)4)23-26-13-15-29(24(3)21-26)40-28(11-10-18-34)17-20-39-32(36)6-2/h5-6,13-16,18,21-22,28H,1-2,7-12,17,19-20,23H2,3-4H3. The number of carbonyl (C=O) groups is 4. The van der Waals surface area contributed by atoms with Crippen molar-refractivity contribution in [3.63, 3.8) is 0 Å². The van der Waals surface area contributed by atoms with E-state index >= 15 is 0 Å². The Morgan fingerprint density at radius 3 is 2.00 bits per heavy atom. The van der Waals surface area contributed by atoms with Crippen LogP contribution < -0.4 is 9.47 Å². The molecule has 0 heterocycles. The first-order valence-corrected chi connectivity index (χ1v) is 13.8. The monoisotopic (exact) mass is 564 g/mol. The number of hydrogen-bond acceptors (Lipinski definition) is 8. The Morgan fingerprint density at radius 1 is 0.805 bits per heavy atom. The molecule has 0 amide bonds. The number of carbonyl (C=O) groups excluding carboxylic acids is 4. The highest BCUT2D eigenvalue weighted by atomic mass is 16.5. The van der Waals surface area contributed by atoms with E-state index in [0.717, 1.165) is 52.9 Å². The first kappa shape index (κ1) is 33.0. The SMILES string of the molecule is C=CC(=O)OCCCCCC(=O)Oc1ccc(Cc2ccc(OC(CCC=O)CCOC(=O)C=C)c(C)c2)cc1C. The average Bonchev–Trinajstić information content (AvgIpc) is 2.95. The smallest absolute Gasteiger partial charge is 0.330 e. The third-order valence-electron chi connectivity index (χ3n) is 6.30. The molecule has 8 nitrogen and oxygen atoms in total. The van der Waals surface area contributed by atoms with E-state index in [0.29, 0.717) is 57.3 Å². The predicted molar refractivity (Wildman–Crippen MR) is 156 cm³/mol. The van der Waals surface area contributed by atoms with Crippen LogP contribution in [0, 0.1) is 13.8 Å². The van der Waals surface area contributed by atoms with Crippen molar-refractivity contribution in [1.29, 1.82) is 0 Å². The van der Waals surface area contributed by atoms with E-state index < -0.39 is 11.9 Å². The van der Waals surface area contributed by atoms with Gasteiger partial charge in [0, 0.05) is 31.4 Å². The van der Waals surface area contributed by atoms with Crippen LogP contribution in [-0.2, 0) is 35.1 Å². The van der Waals surface area contributed by atoms with Crippen LogP contribution in [-0.4, -0.2) is 43.5 Å². The van der Waals surface area contributed by atoms with Crippen LogP contribution >= 0.6 is 0 Å². The van der Waals surface area contributed by atoms with Gasteiger partial charge in [0.15, 0.2) is 0 Å². The fraction of sp³-hybridized carbons (Fsp3) is 0.394. The molecule has 1 atom stereocenters. The van der Waals surface area contributed by atoms with Gasteiger partial charge in [-0.1, -0.05) is 37.4 Å². The molecular weight excluding hydrogens is 524 g/mol. The second-order valence-corrected chi connectivity index (χ2v) is 9.68. The number of rotatable bonds is 19. The zero-order valence-electron chi connectivity index (χ0n) is 24.0. The second kappa shape index (κ2) is 18.2. The van der Waals surface area contributed by atoms with Crippen LogP contribution in [0.2, 0.25) is 0 Å². The van der Waals surface area contributed by atoms with Crippen molar-refractivity contribution >= 4 is 24.2 Å². The lowest BCUT2D eigenvalue weighted by Gasteiger charge is -2.20. The molecule has 0 bridgehead atoms. The molecule has 0 spiro atoms. The third-order valence-corrected chi connectivity index (χ3v) is 6.30. The van der Waals surface area contributed by atoms with Crippen LogP contribution in [0.3, 0.4) is 0 Å². The van der Waals surface area contributed by atoms with Gasteiger partial charge in [0.05, 0.1) is 13.2 Å². The van der Waals surface area contributed by atoms with Gasteiger partial charge >= 0.3 is 17.9 Å². The van der Waals surface area contributed by atoms with Crippen LogP contribution in [0.5, 0.6) is 11.5 Å². The topological polar surface area (TPSA) is 105 Å². The minimum absolute atomic E-state index is 0.186. The molecule has 0 saturated carbocycles. The van der Waals surface area contributed by atoms with Gasteiger partial charge in [-0.15, -0.1) is 0 Å². The lowest BCUT2D eigenvalue weighted by atomic mass is 10.0. The fourth-order valence-electron chi connectivity index (χ4n) is 4.12. The molecule has 0 fully saturated rings. The zero-order chi connectivity index (χ0) is 30.0. The van der Waals surface area contributed by atoms with Crippen LogP contribution in [0.15, 0.2) is 61.7 Å². The van der Waals surface area contributed by atoms with Gasteiger partial charge in [-0.2, -0.15) is 0 Å². The molecule has 8 heteroatoms. The molecule has 220 valence electrons. The summed E-state index contributed by atoms with van der Waals surface area (Å²) in [4.78, 5) is 45.5. The molecule has 0 aliphatic carbocycles. The van der Waals surface area contributed by atoms with Gasteiger partial charge in [-0.3, -0.25) is 4.79 Å². The average molecular weight is 565 g/mol. The summed E-state index contributed by atoms with van der Waals surface area (Å²) in [6, 6.07) is 11.8. The number of hydrogen-bond donors (Lipinski definition) is 0. The Bertz CT molecular complexity index is 1200. The summed E-state index contributed by atoms with van der Waals surface area (Å²) in [6.07, 6.45) is 7.27. The predicted octanol–water partition coefficient (Wildman–Crippen LogP) is 5.94. The molecule has 1 unspecified atom stereocenters. The maximum Gasteiger partial charge on any atom is 0.330 e. The Kier molecular flexibility index (Phi) is 14.7. The van der Waals surface area contributed by atoms with Crippen LogP contribution in [0.1, 0.15) is 67.2 Å². The number of esters is 3. The van der Waals surface area contributed by atoms with E-state index in [1.807, 2.05) is 44.2 Å². The number of ether oxygens (including phenoxy) is 4. The van der Waals surface area contributed by atoms with Crippen molar-refractivity contribution in [2.45, 2.75) is 71.3 Å². The molecule has 0 aromatic heterocycles. The lowest BCUT2D eigenvalue weighted by molar-refractivity contribution is -0.139. The molecule has 0 radical (unpaired) electrons. The summed E-state index contributed by atoms with van der Waals surface area (Å²) >= 11 is 0. The highest BCUT2D eigenvalue weighted by molar-refractivity contribution is 5.81. The van der Waals surface area contributed by atoms with E-state index in [2.05, 4.69) is 19.2 Å². The van der Waals surface area contributed by atoms with Gasteiger partial charge < -0.3 is 23.7 Å². The van der Waals surface area contributed by atoms with Gasteiger partial charge in [-0.05, 0) is 80.3 Å². The second-order valence-electron chi connectivity index (χ2n) is 9.68. The van der Waals surface area contributed by atoms with E-state index in [1.165, 1.54) is 0 Å². The first-order valence-electron chi connectivity index (χ1n) is 13.8. The molecule has 41 heavy (non-hydrogen) atoms. The Balaban J connectivity index is 1.88. The first-order chi connectivity index (χ1) is 19.7. The van der Waals surface area contributed by atoms with Crippen LogP contribution in [0.25, 0.3) is 0 Å². The summed E-state index contributed by atoms with van der Waals surface area (Å²) in [5, 5.41) is 0. The molecule has 0 N–H and O–H groups in total. The number of benzene rings is 2. The van der Waals surface area contributed by atoms with Crippen molar-refractivity contribution in [3.05, 3.63) is 84.0 Å². The third kappa shape index (κ3) is 12.7. The molecule has 0 aliphatic heterocycles. The summed E-state index contributed by atoms with van der Waals surface area (Å²) in [6.45, 7) is 11.1. The molecule has 2 rings (SSSR count). The van der Waals surface area contributed by atoms with Gasteiger partial charge in [0.2, 0.25) is 0 Å². The summed E-state index contributed by atoms with van der Waals surface area (Å²) in [7, 11) is 0. The van der Waals surface area contributed by atoms with Gasteiger partial charge in [-0.25, -0.2) is 9.59 Å². The summed E-state index contributed by atoms with van der Waals surface area (Å²) in [5.41, 5.74) is 4.02. The molecule has 0 saturated heterocycles. The normalized spacial score (nSPS) is 11.2. The minimum atomic E-state index is -0.487. The Labute approximate surface area is 242 Å². The van der Waals surface area contributed by atoms with Crippen molar-refractivity contribution in [2.24, 2.45) is 0 Å². The zero-order valence-corrected chi connectivity index (χ0v) is 24.0. The quantitative estimate of drug-likeness (QED) is 0.0679. The van der Waals surface area contributed by atoms with Gasteiger partial charge in [0.1, 0.15) is 23.9 Å². The maximum absolute atomic E-state index is 12.3. The Morgan fingerprint density at radius 2 is 1.41 bits per heavy atom.